The highest BCUT2D eigenvalue weighted by Gasteiger charge is 2.14. The lowest BCUT2D eigenvalue weighted by Gasteiger charge is -2.15. The van der Waals surface area contributed by atoms with Gasteiger partial charge in [0.05, 0.1) is 12.2 Å². The van der Waals surface area contributed by atoms with Gasteiger partial charge in [0.15, 0.2) is 5.82 Å². The molecule has 7 heteroatoms. The number of aryl methyl sites for hydroxylation is 2. The van der Waals surface area contributed by atoms with Gasteiger partial charge in [-0.1, -0.05) is 12.1 Å². The minimum atomic E-state index is -0.124. The minimum absolute atomic E-state index is 0.0523. The second-order valence-corrected chi connectivity index (χ2v) is 6.57. The van der Waals surface area contributed by atoms with Gasteiger partial charge < -0.3 is 10.6 Å². The van der Waals surface area contributed by atoms with E-state index in [9.17, 15) is 4.79 Å². The monoisotopic (exact) mass is 364 g/mol. The molecule has 1 atom stereocenters. The number of hydrogen-bond donors (Lipinski definition) is 2. The molecule has 3 aromatic rings. The maximum absolute atomic E-state index is 12.7. The van der Waals surface area contributed by atoms with Crippen LogP contribution in [0.3, 0.4) is 0 Å². The highest BCUT2D eigenvalue weighted by molar-refractivity contribution is 5.95. The van der Waals surface area contributed by atoms with Gasteiger partial charge in [-0.05, 0) is 39.0 Å². The zero-order valence-corrected chi connectivity index (χ0v) is 16.0. The number of benzene rings is 1. The van der Waals surface area contributed by atoms with E-state index in [-0.39, 0.29) is 11.9 Å². The van der Waals surface area contributed by atoms with Gasteiger partial charge in [-0.3, -0.25) is 14.5 Å². The van der Waals surface area contributed by atoms with Crippen molar-refractivity contribution in [2.24, 2.45) is 0 Å². The summed E-state index contributed by atoms with van der Waals surface area (Å²) in [5.74, 6) is 0.550. The van der Waals surface area contributed by atoms with Gasteiger partial charge in [0.1, 0.15) is 5.69 Å². The quantitative estimate of drug-likeness (QED) is 0.703. The van der Waals surface area contributed by atoms with Gasteiger partial charge in [-0.15, -0.1) is 0 Å². The lowest BCUT2D eigenvalue weighted by molar-refractivity contribution is 0.0936. The van der Waals surface area contributed by atoms with Crippen LogP contribution in [0.4, 0.5) is 5.82 Å². The molecule has 0 saturated heterocycles. The van der Waals surface area contributed by atoms with Crippen LogP contribution in [0.5, 0.6) is 0 Å². The summed E-state index contributed by atoms with van der Waals surface area (Å²) in [4.78, 5) is 21.3. The highest BCUT2D eigenvalue weighted by atomic mass is 16.1. The maximum Gasteiger partial charge on any atom is 0.251 e. The number of aromatic nitrogens is 4. The second-order valence-electron chi connectivity index (χ2n) is 6.57. The molecule has 0 radical (unpaired) electrons. The number of nitrogens with zero attached hydrogens (tertiary/aromatic N) is 4. The molecular weight excluding hydrogens is 340 g/mol. The number of amides is 1. The first-order valence-corrected chi connectivity index (χ1v) is 8.89. The SMILES string of the molecule is CNc1nccnc1-c1cccc(C(=O)NC(C)Cn2nc(C)cc2C)c1. The van der Waals surface area contributed by atoms with E-state index in [1.165, 1.54) is 0 Å². The van der Waals surface area contributed by atoms with Gasteiger partial charge in [0.25, 0.3) is 5.91 Å². The molecule has 3 rings (SSSR count). The van der Waals surface area contributed by atoms with Crippen LogP contribution in [0.15, 0.2) is 42.7 Å². The van der Waals surface area contributed by atoms with Crippen LogP contribution in [-0.2, 0) is 6.54 Å². The van der Waals surface area contributed by atoms with Crippen LogP contribution >= 0.6 is 0 Å². The van der Waals surface area contributed by atoms with E-state index in [1.807, 2.05) is 49.7 Å². The van der Waals surface area contributed by atoms with Crippen molar-refractivity contribution < 1.29 is 4.79 Å². The number of carbonyl (C=O) groups excluding carboxylic acids is 1. The van der Waals surface area contributed by atoms with Crippen LogP contribution < -0.4 is 10.6 Å². The van der Waals surface area contributed by atoms with E-state index in [4.69, 9.17) is 0 Å². The van der Waals surface area contributed by atoms with Crippen molar-refractivity contribution in [2.75, 3.05) is 12.4 Å². The van der Waals surface area contributed by atoms with Crippen LogP contribution in [0.2, 0.25) is 0 Å². The minimum Gasteiger partial charge on any atom is -0.371 e. The first kappa shape index (κ1) is 18.6. The third kappa shape index (κ3) is 4.31. The molecule has 2 heterocycles. The van der Waals surface area contributed by atoms with Gasteiger partial charge >= 0.3 is 0 Å². The molecular formula is C20H24N6O. The first-order valence-electron chi connectivity index (χ1n) is 8.89. The van der Waals surface area contributed by atoms with Crippen LogP contribution in [0.1, 0.15) is 28.7 Å². The predicted molar refractivity (Wildman–Crippen MR) is 106 cm³/mol. The van der Waals surface area contributed by atoms with Gasteiger partial charge in [0.2, 0.25) is 0 Å². The van der Waals surface area contributed by atoms with Crippen LogP contribution in [0.25, 0.3) is 11.3 Å². The zero-order valence-electron chi connectivity index (χ0n) is 16.0. The average molecular weight is 364 g/mol. The third-order valence-corrected chi connectivity index (χ3v) is 4.26. The summed E-state index contributed by atoms with van der Waals surface area (Å²) in [7, 11) is 1.80. The molecule has 2 aromatic heterocycles. The molecule has 7 nitrogen and oxygen atoms in total. The van der Waals surface area contributed by atoms with Crippen molar-refractivity contribution in [3.8, 4) is 11.3 Å². The molecule has 1 aromatic carbocycles. The molecule has 140 valence electrons. The normalized spacial score (nSPS) is 11.9. The van der Waals surface area contributed by atoms with Crippen molar-refractivity contribution in [3.63, 3.8) is 0 Å². The molecule has 0 bridgehead atoms. The van der Waals surface area contributed by atoms with Crippen molar-refractivity contribution in [1.29, 1.82) is 0 Å². The molecule has 1 unspecified atom stereocenters. The molecule has 2 N–H and O–H groups in total. The molecule has 0 spiro atoms. The Balaban J connectivity index is 1.74. The number of hydrogen-bond acceptors (Lipinski definition) is 5. The van der Waals surface area contributed by atoms with Gasteiger partial charge in [-0.25, -0.2) is 4.98 Å². The van der Waals surface area contributed by atoms with Gasteiger partial charge in [0, 0.05) is 42.3 Å². The van der Waals surface area contributed by atoms with E-state index in [0.29, 0.717) is 23.6 Å². The fourth-order valence-corrected chi connectivity index (χ4v) is 3.01. The maximum atomic E-state index is 12.7. The van der Waals surface area contributed by atoms with Crippen molar-refractivity contribution in [3.05, 3.63) is 59.7 Å². The predicted octanol–water partition coefficient (Wildman–Crippen LogP) is 2.82. The topological polar surface area (TPSA) is 84.7 Å². The van der Waals surface area contributed by atoms with E-state index in [1.54, 1.807) is 25.5 Å². The Bertz CT molecular complexity index is 949. The first-order chi connectivity index (χ1) is 13.0. The summed E-state index contributed by atoms with van der Waals surface area (Å²) in [6, 6.07) is 9.37. The summed E-state index contributed by atoms with van der Waals surface area (Å²) >= 11 is 0. The molecule has 0 aliphatic carbocycles. The molecule has 27 heavy (non-hydrogen) atoms. The standard InChI is InChI=1S/C20H24N6O/c1-13-10-15(3)26(25-13)12-14(2)24-20(27)17-7-5-6-16(11-17)18-19(21-4)23-9-8-22-18/h5-11,14H,12H2,1-4H3,(H,21,23)(H,24,27). The second kappa shape index (κ2) is 7.99. The largest absolute Gasteiger partial charge is 0.371 e. The van der Waals surface area contributed by atoms with E-state index in [2.05, 4.69) is 25.7 Å². The summed E-state index contributed by atoms with van der Waals surface area (Å²) < 4.78 is 1.91. The van der Waals surface area contributed by atoms with Crippen LogP contribution in [0, 0.1) is 13.8 Å². The number of carbonyl (C=O) groups is 1. The zero-order chi connectivity index (χ0) is 19.4. The Hall–Kier alpha value is -3.22. The highest BCUT2D eigenvalue weighted by Crippen LogP contribution is 2.24. The third-order valence-electron chi connectivity index (χ3n) is 4.26. The Labute approximate surface area is 158 Å². The molecule has 0 aliphatic heterocycles. The smallest absolute Gasteiger partial charge is 0.251 e. The summed E-state index contributed by atoms with van der Waals surface area (Å²) in [5, 5.41) is 10.5. The number of anilines is 1. The molecule has 1 amide bonds. The lowest BCUT2D eigenvalue weighted by atomic mass is 10.1. The lowest BCUT2D eigenvalue weighted by Crippen LogP contribution is -2.36. The summed E-state index contributed by atoms with van der Waals surface area (Å²) in [5.41, 5.74) is 4.19. The molecule has 0 saturated carbocycles. The fourth-order valence-electron chi connectivity index (χ4n) is 3.01. The Kier molecular flexibility index (Phi) is 5.49. The van der Waals surface area contributed by atoms with E-state index in [0.717, 1.165) is 17.0 Å². The average Bonchev–Trinajstić information content (AvgIpc) is 2.98. The van der Waals surface area contributed by atoms with Crippen molar-refractivity contribution in [1.82, 2.24) is 25.1 Å². The summed E-state index contributed by atoms with van der Waals surface area (Å²) in [6.07, 6.45) is 3.27. The van der Waals surface area contributed by atoms with Crippen molar-refractivity contribution in [2.45, 2.75) is 33.4 Å². The fraction of sp³-hybridized carbons (Fsp3) is 0.300. The Morgan fingerprint density at radius 3 is 2.67 bits per heavy atom. The van der Waals surface area contributed by atoms with E-state index < -0.39 is 0 Å². The van der Waals surface area contributed by atoms with Gasteiger partial charge in [-0.2, -0.15) is 5.10 Å². The van der Waals surface area contributed by atoms with E-state index >= 15 is 0 Å². The molecule has 0 fully saturated rings. The number of nitrogens with one attached hydrogen (secondary N) is 2. The van der Waals surface area contributed by atoms with Crippen molar-refractivity contribution >= 4 is 11.7 Å². The molecule has 0 aliphatic rings. The Morgan fingerprint density at radius 2 is 1.96 bits per heavy atom. The summed E-state index contributed by atoms with van der Waals surface area (Å²) in [6.45, 7) is 6.57. The van der Waals surface area contributed by atoms with Crippen LogP contribution in [-0.4, -0.2) is 38.7 Å². The Morgan fingerprint density at radius 1 is 1.19 bits per heavy atom. The number of rotatable bonds is 6.